The van der Waals surface area contributed by atoms with Gasteiger partial charge in [0.2, 0.25) is 0 Å². The fraction of sp³-hybridized carbons (Fsp3) is 0.455. The highest BCUT2D eigenvalue weighted by atomic mass is 19.4. The summed E-state index contributed by atoms with van der Waals surface area (Å²) in [5, 5.41) is 4.21. The molecule has 1 fully saturated rings. The molecule has 0 unspecified atom stereocenters. The van der Waals surface area contributed by atoms with Gasteiger partial charge in [0, 0.05) is 25.0 Å². The largest absolute Gasteiger partial charge is 0.418 e. The van der Waals surface area contributed by atoms with Crippen LogP contribution >= 0.6 is 0 Å². The summed E-state index contributed by atoms with van der Waals surface area (Å²) in [5.41, 5.74) is -1.12. The van der Waals surface area contributed by atoms with E-state index in [1.165, 1.54) is 31.6 Å². The molecule has 11 heteroatoms. The molecular formula is C22H22F5N5O. The maximum Gasteiger partial charge on any atom is 0.418 e. The second kappa shape index (κ2) is 9.03. The van der Waals surface area contributed by atoms with E-state index in [1.807, 2.05) is 0 Å². The normalized spacial score (nSPS) is 15.4. The molecule has 0 spiro atoms. The third-order valence-electron chi connectivity index (χ3n) is 5.91. The minimum absolute atomic E-state index is 0.0802. The Morgan fingerprint density at radius 2 is 1.88 bits per heavy atom. The highest BCUT2D eigenvalue weighted by Crippen LogP contribution is 2.33. The number of pyridine rings is 1. The zero-order valence-electron chi connectivity index (χ0n) is 17.8. The van der Waals surface area contributed by atoms with Gasteiger partial charge in [-0.05, 0) is 37.0 Å². The molecule has 6 nitrogen and oxygen atoms in total. The number of rotatable bonds is 5. The number of aryl methyl sites for hydroxylation is 1. The van der Waals surface area contributed by atoms with Gasteiger partial charge in [-0.2, -0.15) is 18.3 Å². The van der Waals surface area contributed by atoms with E-state index in [0.717, 1.165) is 47.4 Å². The Labute approximate surface area is 186 Å². The molecule has 0 saturated heterocycles. The van der Waals surface area contributed by atoms with Gasteiger partial charge in [-0.25, -0.2) is 18.4 Å². The molecule has 33 heavy (non-hydrogen) atoms. The summed E-state index contributed by atoms with van der Waals surface area (Å²) in [4.78, 5) is 21.0. The summed E-state index contributed by atoms with van der Waals surface area (Å²) in [6, 6.07) is 3.61. The SMILES string of the molecule is Cn1cc(-c2cc(C3CCCCC3)c(=O)n(Cc3ncccc3C(F)(F)F)n2)nc1C(F)F. The topological polar surface area (TPSA) is 65.6 Å². The molecule has 0 N–H and O–H groups in total. The quantitative estimate of drug-likeness (QED) is 0.491. The van der Waals surface area contributed by atoms with Crippen molar-refractivity contribution in [2.45, 2.75) is 57.2 Å². The number of imidazole rings is 1. The Morgan fingerprint density at radius 1 is 1.15 bits per heavy atom. The van der Waals surface area contributed by atoms with Crippen LogP contribution in [0.2, 0.25) is 0 Å². The molecular weight excluding hydrogens is 445 g/mol. The molecule has 0 amide bonds. The maximum atomic E-state index is 13.5. The highest BCUT2D eigenvalue weighted by Gasteiger charge is 2.34. The standard InChI is InChI=1S/C22H22F5N5O/c1-31-11-18(29-20(31)19(23)24)16-10-14(13-6-3-2-4-7-13)21(33)32(30-16)12-17-15(22(25,26)27)8-5-9-28-17/h5,8-11,13,19H,2-4,6-7,12H2,1H3. The van der Waals surface area contributed by atoms with E-state index in [4.69, 9.17) is 0 Å². The molecule has 1 aliphatic rings. The second-order valence-electron chi connectivity index (χ2n) is 8.17. The van der Waals surface area contributed by atoms with Gasteiger partial charge in [-0.3, -0.25) is 9.78 Å². The van der Waals surface area contributed by atoms with Crippen molar-refractivity contribution in [3.05, 3.63) is 63.6 Å². The summed E-state index contributed by atoms with van der Waals surface area (Å²) in [7, 11) is 1.42. The lowest BCUT2D eigenvalue weighted by Crippen LogP contribution is -2.30. The minimum Gasteiger partial charge on any atom is -0.333 e. The first kappa shape index (κ1) is 23.1. The van der Waals surface area contributed by atoms with Crippen LogP contribution in [0.1, 0.15) is 67.1 Å². The van der Waals surface area contributed by atoms with Gasteiger partial charge in [0.1, 0.15) is 11.4 Å². The molecule has 3 aromatic heterocycles. The fourth-order valence-corrected chi connectivity index (χ4v) is 4.27. The second-order valence-corrected chi connectivity index (χ2v) is 8.17. The lowest BCUT2D eigenvalue weighted by atomic mass is 9.84. The summed E-state index contributed by atoms with van der Waals surface area (Å²) in [6.07, 6.45) is -0.441. The zero-order chi connectivity index (χ0) is 23.8. The van der Waals surface area contributed by atoms with Crippen LogP contribution in [0.4, 0.5) is 22.0 Å². The van der Waals surface area contributed by atoms with Crippen LogP contribution in [0.15, 0.2) is 35.4 Å². The van der Waals surface area contributed by atoms with Gasteiger partial charge in [0.05, 0.1) is 17.8 Å². The smallest absolute Gasteiger partial charge is 0.333 e. The van der Waals surface area contributed by atoms with Crippen molar-refractivity contribution in [2.24, 2.45) is 7.05 Å². The predicted octanol–water partition coefficient (Wildman–Crippen LogP) is 5.09. The van der Waals surface area contributed by atoms with Crippen molar-refractivity contribution in [3.63, 3.8) is 0 Å². The van der Waals surface area contributed by atoms with Crippen LogP contribution in [0.3, 0.4) is 0 Å². The van der Waals surface area contributed by atoms with E-state index in [9.17, 15) is 26.7 Å². The molecule has 0 aliphatic heterocycles. The number of hydrogen-bond acceptors (Lipinski definition) is 4. The Kier molecular flexibility index (Phi) is 6.31. The van der Waals surface area contributed by atoms with Gasteiger partial charge >= 0.3 is 6.18 Å². The molecule has 0 atom stereocenters. The Bertz CT molecular complexity index is 1190. The number of halogens is 5. The first-order valence-corrected chi connectivity index (χ1v) is 10.6. The molecule has 0 radical (unpaired) electrons. The van der Waals surface area contributed by atoms with Crippen molar-refractivity contribution < 1.29 is 22.0 Å². The number of hydrogen-bond donors (Lipinski definition) is 0. The number of aromatic nitrogens is 5. The van der Waals surface area contributed by atoms with Crippen molar-refractivity contribution in [1.29, 1.82) is 0 Å². The van der Waals surface area contributed by atoms with Gasteiger partial charge in [0.25, 0.3) is 12.0 Å². The van der Waals surface area contributed by atoms with Crippen molar-refractivity contribution in [1.82, 2.24) is 24.3 Å². The highest BCUT2D eigenvalue weighted by molar-refractivity contribution is 5.54. The van der Waals surface area contributed by atoms with Crippen molar-refractivity contribution >= 4 is 0 Å². The summed E-state index contributed by atoms with van der Waals surface area (Å²) >= 11 is 0. The van der Waals surface area contributed by atoms with Crippen LogP contribution in [-0.2, 0) is 19.8 Å². The average Bonchev–Trinajstić information content (AvgIpc) is 3.17. The number of alkyl halides is 5. The van der Waals surface area contributed by atoms with E-state index < -0.39 is 36.1 Å². The maximum absolute atomic E-state index is 13.5. The van der Waals surface area contributed by atoms with E-state index >= 15 is 0 Å². The molecule has 1 saturated carbocycles. The van der Waals surface area contributed by atoms with E-state index in [0.29, 0.717) is 5.56 Å². The van der Waals surface area contributed by atoms with Crippen LogP contribution in [-0.4, -0.2) is 24.3 Å². The molecule has 0 aromatic carbocycles. The van der Waals surface area contributed by atoms with Gasteiger partial charge in [0.15, 0.2) is 5.82 Å². The first-order chi connectivity index (χ1) is 15.6. The van der Waals surface area contributed by atoms with Crippen molar-refractivity contribution in [2.75, 3.05) is 0 Å². The van der Waals surface area contributed by atoms with Crippen molar-refractivity contribution in [3.8, 4) is 11.4 Å². The molecule has 3 heterocycles. The lowest BCUT2D eigenvalue weighted by Gasteiger charge is -2.22. The Balaban J connectivity index is 1.84. The summed E-state index contributed by atoms with van der Waals surface area (Å²) in [6.45, 7) is -0.503. The zero-order valence-corrected chi connectivity index (χ0v) is 17.8. The average molecular weight is 467 g/mol. The Morgan fingerprint density at radius 3 is 2.52 bits per heavy atom. The number of nitrogens with zero attached hydrogens (tertiary/aromatic N) is 5. The minimum atomic E-state index is -4.65. The van der Waals surface area contributed by atoms with Gasteiger partial charge in [-0.1, -0.05) is 19.3 Å². The van der Waals surface area contributed by atoms with Crippen LogP contribution in [0.5, 0.6) is 0 Å². The van der Waals surface area contributed by atoms with E-state index in [1.54, 1.807) is 0 Å². The molecule has 0 bridgehead atoms. The molecule has 1 aliphatic carbocycles. The monoisotopic (exact) mass is 467 g/mol. The predicted molar refractivity (Wildman–Crippen MR) is 110 cm³/mol. The summed E-state index contributed by atoms with van der Waals surface area (Å²) < 4.78 is 69.0. The molecule has 176 valence electrons. The van der Waals surface area contributed by atoms with E-state index in [2.05, 4.69) is 15.1 Å². The third kappa shape index (κ3) is 4.81. The van der Waals surface area contributed by atoms with E-state index in [-0.39, 0.29) is 23.0 Å². The van der Waals surface area contributed by atoms with Crippen LogP contribution in [0, 0.1) is 0 Å². The third-order valence-corrected chi connectivity index (χ3v) is 5.91. The van der Waals surface area contributed by atoms with Crippen LogP contribution in [0.25, 0.3) is 11.4 Å². The lowest BCUT2D eigenvalue weighted by molar-refractivity contribution is -0.138. The summed E-state index contributed by atoms with van der Waals surface area (Å²) in [5.74, 6) is -0.545. The fourth-order valence-electron chi connectivity index (χ4n) is 4.27. The van der Waals surface area contributed by atoms with Crippen LogP contribution < -0.4 is 5.56 Å². The first-order valence-electron chi connectivity index (χ1n) is 10.6. The van der Waals surface area contributed by atoms with Gasteiger partial charge < -0.3 is 4.57 Å². The Hall–Kier alpha value is -3.11. The molecule has 4 rings (SSSR count). The van der Waals surface area contributed by atoms with Gasteiger partial charge in [-0.15, -0.1) is 0 Å². The molecule has 3 aromatic rings.